The first-order valence-corrected chi connectivity index (χ1v) is 4.68. The molecular weight excluding hydrogens is 236 g/mol. The molecule has 0 aromatic heterocycles. The maximum Gasteiger partial charge on any atom is 0.326 e. The Bertz CT molecular complexity index is 328. The molecule has 9 nitrogen and oxygen atoms in total. The molecule has 0 fully saturated rings. The molecule has 17 heavy (non-hydrogen) atoms. The maximum atomic E-state index is 11.1. The highest BCUT2D eigenvalue weighted by molar-refractivity contribution is 5.83. The third-order valence-corrected chi connectivity index (χ3v) is 1.80. The van der Waals surface area contributed by atoms with E-state index >= 15 is 0 Å². The van der Waals surface area contributed by atoms with Crippen molar-refractivity contribution in [3.05, 3.63) is 10.1 Å². The van der Waals surface area contributed by atoms with Crippen LogP contribution in [0.1, 0.15) is 19.3 Å². The molecule has 0 aromatic carbocycles. The zero-order valence-corrected chi connectivity index (χ0v) is 8.79. The molecule has 0 aliphatic heterocycles. The van der Waals surface area contributed by atoms with E-state index in [1.165, 1.54) is 0 Å². The largest absolute Gasteiger partial charge is 0.481 e. The lowest BCUT2D eigenvalue weighted by Crippen LogP contribution is -2.41. The van der Waals surface area contributed by atoms with Gasteiger partial charge in [0.05, 0.1) is 6.42 Å². The Morgan fingerprint density at radius 2 is 1.82 bits per heavy atom. The quantitative estimate of drug-likeness (QED) is 0.372. The Hall–Kier alpha value is -2.19. The van der Waals surface area contributed by atoms with Crippen molar-refractivity contribution in [2.45, 2.75) is 25.3 Å². The number of hydrogen-bond acceptors (Lipinski definition) is 5. The van der Waals surface area contributed by atoms with E-state index in [1.54, 1.807) is 0 Å². The highest BCUT2D eigenvalue weighted by Crippen LogP contribution is 1.98. The van der Waals surface area contributed by atoms with Crippen molar-refractivity contribution >= 4 is 17.8 Å². The summed E-state index contributed by atoms with van der Waals surface area (Å²) >= 11 is 0. The lowest BCUT2D eigenvalue weighted by Gasteiger charge is -2.12. The normalized spacial score (nSPS) is 11.5. The van der Waals surface area contributed by atoms with Crippen molar-refractivity contribution in [3.8, 4) is 0 Å². The van der Waals surface area contributed by atoms with Crippen molar-refractivity contribution in [1.29, 1.82) is 0 Å². The van der Waals surface area contributed by atoms with Crippen LogP contribution in [-0.2, 0) is 14.4 Å². The maximum absolute atomic E-state index is 11.1. The molecule has 0 saturated heterocycles. The standard InChI is InChI=1S/C8H12N2O7/c11-6(3-4-10(16)17)9-5(8(14)15)1-2-7(12)13/h5H,1-4H2,(H,9,11)(H,12,13)(H,14,15). The average Bonchev–Trinajstić information content (AvgIpc) is 2.20. The SMILES string of the molecule is O=C(O)CCC(NC(=O)CC[N+](=O)[O-])C(=O)O. The van der Waals surface area contributed by atoms with Gasteiger partial charge < -0.3 is 15.5 Å². The van der Waals surface area contributed by atoms with Gasteiger partial charge in [-0.05, 0) is 6.42 Å². The van der Waals surface area contributed by atoms with Gasteiger partial charge in [-0.25, -0.2) is 4.79 Å². The van der Waals surface area contributed by atoms with Crippen molar-refractivity contribution in [1.82, 2.24) is 5.32 Å². The van der Waals surface area contributed by atoms with Crippen LogP contribution < -0.4 is 5.32 Å². The summed E-state index contributed by atoms with van der Waals surface area (Å²) in [6, 6.07) is -1.34. The molecule has 3 N–H and O–H groups in total. The first-order chi connectivity index (χ1) is 7.82. The summed E-state index contributed by atoms with van der Waals surface area (Å²) in [5, 5.41) is 29.0. The minimum atomic E-state index is -1.37. The molecule has 0 spiro atoms. The molecule has 0 radical (unpaired) electrons. The molecule has 1 atom stereocenters. The molecule has 0 saturated carbocycles. The van der Waals surface area contributed by atoms with Crippen LogP contribution in [0.5, 0.6) is 0 Å². The van der Waals surface area contributed by atoms with Gasteiger partial charge in [0.25, 0.3) is 0 Å². The fraction of sp³-hybridized carbons (Fsp3) is 0.625. The molecule has 0 aromatic rings. The van der Waals surface area contributed by atoms with Crippen LogP contribution in [0.25, 0.3) is 0 Å². The lowest BCUT2D eigenvalue weighted by atomic mass is 10.1. The van der Waals surface area contributed by atoms with Gasteiger partial charge in [-0.2, -0.15) is 0 Å². The fourth-order valence-electron chi connectivity index (χ4n) is 0.985. The molecular formula is C8H12N2O7. The average molecular weight is 248 g/mol. The van der Waals surface area contributed by atoms with Crippen LogP contribution in [-0.4, -0.2) is 45.6 Å². The van der Waals surface area contributed by atoms with Crippen molar-refractivity contribution in [2.75, 3.05) is 6.54 Å². The zero-order valence-electron chi connectivity index (χ0n) is 8.79. The number of carboxylic acids is 2. The van der Waals surface area contributed by atoms with Crippen LogP contribution in [0.4, 0.5) is 0 Å². The van der Waals surface area contributed by atoms with E-state index in [1.807, 2.05) is 5.32 Å². The molecule has 96 valence electrons. The Balaban J connectivity index is 4.15. The summed E-state index contributed by atoms with van der Waals surface area (Å²) < 4.78 is 0. The van der Waals surface area contributed by atoms with Crippen molar-refractivity contribution in [2.24, 2.45) is 0 Å². The summed E-state index contributed by atoms with van der Waals surface area (Å²) in [5.41, 5.74) is 0. The Morgan fingerprint density at radius 3 is 2.24 bits per heavy atom. The number of nitrogens with one attached hydrogen (secondary N) is 1. The van der Waals surface area contributed by atoms with E-state index < -0.39 is 48.2 Å². The monoisotopic (exact) mass is 248 g/mol. The second-order valence-electron chi connectivity index (χ2n) is 3.20. The first-order valence-electron chi connectivity index (χ1n) is 4.68. The summed E-state index contributed by atoms with van der Waals surface area (Å²) in [7, 11) is 0. The number of carbonyl (C=O) groups excluding carboxylic acids is 1. The second kappa shape index (κ2) is 7.14. The third-order valence-electron chi connectivity index (χ3n) is 1.80. The summed E-state index contributed by atoms with van der Waals surface area (Å²) in [4.78, 5) is 41.2. The number of carboxylic acid groups (broad SMARTS) is 2. The Labute approximate surface area is 95.6 Å². The summed E-state index contributed by atoms with van der Waals surface area (Å²) in [6.07, 6.45) is -1.12. The van der Waals surface area contributed by atoms with Gasteiger partial charge in [0, 0.05) is 11.3 Å². The van der Waals surface area contributed by atoms with Crippen LogP contribution in [0.15, 0.2) is 0 Å². The highest BCUT2D eigenvalue weighted by atomic mass is 16.6. The molecule has 0 bridgehead atoms. The van der Waals surface area contributed by atoms with E-state index in [4.69, 9.17) is 10.2 Å². The van der Waals surface area contributed by atoms with Crippen LogP contribution >= 0.6 is 0 Å². The minimum Gasteiger partial charge on any atom is -0.481 e. The molecule has 1 amide bonds. The van der Waals surface area contributed by atoms with Gasteiger partial charge in [0.15, 0.2) is 0 Å². The summed E-state index contributed by atoms with van der Waals surface area (Å²) in [5.74, 6) is -3.35. The highest BCUT2D eigenvalue weighted by Gasteiger charge is 2.21. The molecule has 0 aliphatic carbocycles. The van der Waals surface area contributed by atoms with Crippen LogP contribution in [0.2, 0.25) is 0 Å². The van der Waals surface area contributed by atoms with E-state index in [2.05, 4.69) is 0 Å². The van der Waals surface area contributed by atoms with Gasteiger partial charge in [-0.15, -0.1) is 0 Å². The molecule has 0 heterocycles. The zero-order chi connectivity index (χ0) is 13.4. The van der Waals surface area contributed by atoms with E-state index in [0.717, 1.165) is 0 Å². The van der Waals surface area contributed by atoms with Gasteiger partial charge in [-0.3, -0.25) is 19.7 Å². The van der Waals surface area contributed by atoms with Crippen molar-refractivity contribution in [3.63, 3.8) is 0 Å². The van der Waals surface area contributed by atoms with Gasteiger partial charge in [0.1, 0.15) is 6.04 Å². The number of carbonyl (C=O) groups is 3. The molecule has 0 aliphatic rings. The smallest absolute Gasteiger partial charge is 0.326 e. The topological polar surface area (TPSA) is 147 Å². The predicted octanol–water partition coefficient (Wildman–Crippen LogP) is -0.913. The Kier molecular flexibility index (Phi) is 6.22. The molecule has 9 heteroatoms. The third kappa shape index (κ3) is 7.71. The first kappa shape index (κ1) is 14.8. The number of aliphatic carboxylic acids is 2. The van der Waals surface area contributed by atoms with E-state index in [9.17, 15) is 24.5 Å². The van der Waals surface area contributed by atoms with Gasteiger partial charge in [0.2, 0.25) is 12.5 Å². The summed E-state index contributed by atoms with van der Waals surface area (Å²) in [6.45, 7) is -0.600. The van der Waals surface area contributed by atoms with E-state index in [-0.39, 0.29) is 6.42 Å². The minimum absolute atomic E-state index is 0.269. The Morgan fingerprint density at radius 1 is 1.24 bits per heavy atom. The predicted molar refractivity (Wildman–Crippen MR) is 52.9 cm³/mol. The lowest BCUT2D eigenvalue weighted by molar-refractivity contribution is -0.478. The number of amides is 1. The number of hydrogen-bond donors (Lipinski definition) is 3. The van der Waals surface area contributed by atoms with Crippen LogP contribution in [0.3, 0.4) is 0 Å². The van der Waals surface area contributed by atoms with Crippen LogP contribution in [0, 0.1) is 10.1 Å². The second-order valence-corrected chi connectivity index (χ2v) is 3.20. The fourth-order valence-corrected chi connectivity index (χ4v) is 0.985. The number of nitrogens with zero attached hydrogens (tertiary/aromatic N) is 1. The molecule has 0 rings (SSSR count). The van der Waals surface area contributed by atoms with E-state index in [0.29, 0.717) is 0 Å². The molecule has 1 unspecified atom stereocenters. The number of rotatable bonds is 8. The van der Waals surface area contributed by atoms with Gasteiger partial charge in [-0.1, -0.05) is 0 Å². The van der Waals surface area contributed by atoms with Gasteiger partial charge >= 0.3 is 11.9 Å². The number of nitro groups is 1. The van der Waals surface area contributed by atoms with Crippen molar-refractivity contribution < 1.29 is 29.5 Å².